The number of anilines is 1. The van der Waals surface area contributed by atoms with Gasteiger partial charge in [0.05, 0.1) is 16.9 Å². The summed E-state index contributed by atoms with van der Waals surface area (Å²) in [5, 5.41) is 10.8. The van der Waals surface area contributed by atoms with Gasteiger partial charge >= 0.3 is 5.97 Å². The molecule has 2 heterocycles. The Balaban J connectivity index is 1.64. The van der Waals surface area contributed by atoms with Gasteiger partial charge in [-0.3, -0.25) is 4.98 Å². The number of fused-ring (bicyclic) bond motifs is 1. The van der Waals surface area contributed by atoms with E-state index in [0.29, 0.717) is 17.3 Å². The Bertz CT molecular complexity index is 1210. The smallest absolute Gasteiger partial charge is 0.340 e. The van der Waals surface area contributed by atoms with Gasteiger partial charge in [-0.1, -0.05) is 24.3 Å². The van der Waals surface area contributed by atoms with Crippen LogP contribution in [0.3, 0.4) is 0 Å². The van der Waals surface area contributed by atoms with Crippen molar-refractivity contribution in [3.8, 4) is 16.9 Å². The summed E-state index contributed by atoms with van der Waals surface area (Å²) in [7, 11) is 0. The summed E-state index contributed by atoms with van der Waals surface area (Å²) in [6.45, 7) is 0. The molecule has 0 unspecified atom stereocenters. The SMILES string of the molecule is Nc1c(C2CC2)cnc(-c2ccc3c(ccn3-c3ccccc3)c2)c1C(=O)O. The highest BCUT2D eigenvalue weighted by Gasteiger charge is 2.30. The van der Waals surface area contributed by atoms with E-state index in [4.69, 9.17) is 5.73 Å². The molecular weight excluding hydrogens is 350 g/mol. The molecule has 1 aliphatic carbocycles. The first-order valence-corrected chi connectivity index (χ1v) is 9.32. The van der Waals surface area contributed by atoms with Crippen molar-refractivity contribution >= 4 is 22.6 Å². The van der Waals surface area contributed by atoms with E-state index in [1.54, 1.807) is 6.20 Å². The molecule has 1 aliphatic rings. The molecule has 0 radical (unpaired) electrons. The fourth-order valence-electron chi connectivity index (χ4n) is 3.80. The number of nitrogen functional groups attached to an aromatic ring is 1. The van der Waals surface area contributed by atoms with Crippen molar-refractivity contribution in [2.75, 3.05) is 5.73 Å². The number of para-hydroxylation sites is 1. The molecule has 0 bridgehead atoms. The molecule has 0 amide bonds. The topological polar surface area (TPSA) is 81.1 Å². The molecule has 4 aromatic rings. The Morgan fingerprint density at radius 1 is 1.11 bits per heavy atom. The molecule has 5 nitrogen and oxygen atoms in total. The van der Waals surface area contributed by atoms with E-state index in [1.807, 2.05) is 48.7 Å². The molecule has 138 valence electrons. The van der Waals surface area contributed by atoms with Crippen LogP contribution in [0.25, 0.3) is 27.8 Å². The average Bonchev–Trinajstić information content (AvgIpc) is 3.46. The van der Waals surface area contributed by atoms with Crippen LogP contribution < -0.4 is 5.73 Å². The van der Waals surface area contributed by atoms with Crippen LogP contribution in [-0.4, -0.2) is 20.6 Å². The van der Waals surface area contributed by atoms with E-state index >= 15 is 0 Å². The van der Waals surface area contributed by atoms with E-state index in [-0.39, 0.29) is 5.56 Å². The van der Waals surface area contributed by atoms with Gasteiger partial charge in [-0.05, 0) is 54.7 Å². The van der Waals surface area contributed by atoms with Gasteiger partial charge in [0.1, 0.15) is 5.56 Å². The molecule has 28 heavy (non-hydrogen) atoms. The van der Waals surface area contributed by atoms with Gasteiger partial charge in [-0.25, -0.2) is 4.79 Å². The van der Waals surface area contributed by atoms with E-state index in [9.17, 15) is 9.90 Å². The summed E-state index contributed by atoms with van der Waals surface area (Å²) < 4.78 is 2.11. The van der Waals surface area contributed by atoms with E-state index in [2.05, 4.69) is 21.7 Å². The Morgan fingerprint density at radius 3 is 2.61 bits per heavy atom. The first-order valence-electron chi connectivity index (χ1n) is 9.32. The number of carbonyl (C=O) groups is 1. The first-order chi connectivity index (χ1) is 13.6. The lowest BCUT2D eigenvalue weighted by molar-refractivity contribution is 0.0698. The van der Waals surface area contributed by atoms with Crippen molar-refractivity contribution in [2.24, 2.45) is 0 Å². The second kappa shape index (κ2) is 6.23. The predicted octanol–water partition coefficient (Wildman–Crippen LogP) is 4.85. The maximum atomic E-state index is 11.9. The van der Waals surface area contributed by atoms with E-state index in [0.717, 1.165) is 40.6 Å². The number of nitrogens with zero attached hydrogens (tertiary/aromatic N) is 2. The Hall–Kier alpha value is -3.60. The number of hydrogen-bond donors (Lipinski definition) is 2. The van der Waals surface area contributed by atoms with Crippen molar-refractivity contribution in [3.63, 3.8) is 0 Å². The third-order valence-electron chi connectivity index (χ3n) is 5.38. The summed E-state index contributed by atoms with van der Waals surface area (Å²) in [5.41, 5.74) is 10.8. The van der Waals surface area contributed by atoms with Crippen molar-refractivity contribution in [1.29, 1.82) is 0 Å². The van der Waals surface area contributed by atoms with Crippen LogP contribution in [0.15, 0.2) is 67.0 Å². The quantitative estimate of drug-likeness (QED) is 0.539. The van der Waals surface area contributed by atoms with E-state index < -0.39 is 5.97 Å². The van der Waals surface area contributed by atoms with Crippen LogP contribution in [0.2, 0.25) is 0 Å². The fraction of sp³-hybridized carbons (Fsp3) is 0.130. The zero-order valence-corrected chi connectivity index (χ0v) is 15.2. The third-order valence-corrected chi connectivity index (χ3v) is 5.38. The number of aromatic nitrogens is 2. The number of aromatic carboxylic acids is 1. The molecule has 0 atom stereocenters. The van der Waals surface area contributed by atoms with Gasteiger partial charge in [-0.2, -0.15) is 0 Å². The Morgan fingerprint density at radius 2 is 1.89 bits per heavy atom. The molecular formula is C23H19N3O2. The molecule has 1 fully saturated rings. The molecule has 0 saturated heterocycles. The summed E-state index contributed by atoms with van der Waals surface area (Å²) >= 11 is 0. The van der Waals surface area contributed by atoms with Crippen LogP contribution in [0, 0.1) is 0 Å². The molecule has 2 aromatic heterocycles. The molecule has 2 aromatic carbocycles. The number of benzene rings is 2. The molecule has 5 rings (SSSR count). The lowest BCUT2D eigenvalue weighted by Crippen LogP contribution is -2.09. The fourth-order valence-corrected chi connectivity index (χ4v) is 3.80. The molecule has 0 aliphatic heterocycles. The molecule has 3 N–H and O–H groups in total. The Kier molecular flexibility index (Phi) is 3.69. The number of pyridine rings is 1. The third kappa shape index (κ3) is 2.63. The van der Waals surface area contributed by atoms with Crippen LogP contribution in [-0.2, 0) is 0 Å². The summed E-state index contributed by atoms with van der Waals surface area (Å²) in [4.78, 5) is 16.4. The largest absolute Gasteiger partial charge is 0.478 e. The number of nitrogens with two attached hydrogens (primary N) is 1. The number of hydrogen-bond acceptors (Lipinski definition) is 3. The minimum atomic E-state index is -1.04. The van der Waals surface area contributed by atoms with Gasteiger partial charge in [-0.15, -0.1) is 0 Å². The summed E-state index contributed by atoms with van der Waals surface area (Å²) in [6.07, 6.45) is 5.85. The van der Waals surface area contributed by atoms with Crippen molar-refractivity contribution in [1.82, 2.24) is 9.55 Å². The zero-order chi connectivity index (χ0) is 19.3. The second-order valence-electron chi connectivity index (χ2n) is 7.23. The van der Waals surface area contributed by atoms with Crippen LogP contribution >= 0.6 is 0 Å². The minimum Gasteiger partial charge on any atom is -0.478 e. The van der Waals surface area contributed by atoms with Gasteiger partial charge < -0.3 is 15.4 Å². The lowest BCUT2D eigenvalue weighted by Gasteiger charge is -2.12. The first kappa shape index (κ1) is 16.6. The molecule has 1 saturated carbocycles. The molecule has 5 heteroatoms. The highest BCUT2D eigenvalue weighted by molar-refractivity contribution is 6.02. The van der Waals surface area contributed by atoms with Crippen molar-refractivity contribution in [2.45, 2.75) is 18.8 Å². The van der Waals surface area contributed by atoms with Gasteiger partial charge in [0, 0.05) is 29.0 Å². The maximum Gasteiger partial charge on any atom is 0.340 e. The van der Waals surface area contributed by atoms with Crippen LogP contribution in [0.4, 0.5) is 5.69 Å². The number of carboxylic acid groups (broad SMARTS) is 1. The van der Waals surface area contributed by atoms with Crippen LogP contribution in [0.5, 0.6) is 0 Å². The highest BCUT2D eigenvalue weighted by Crippen LogP contribution is 2.44. The average molecular weight is 369 g/mol. The van der Waals surface area contributed by atoms with E-state index in [1.165, 1.54) is 0 Å². The normalized spacial score (nSPS) is 13.7. The molecule has 0 spiro atoms. The summed E-state index contributed by atoms with van der Waals surface area (Å²) in [5.74, 6) is -0.688. The van der Waals surface area contributed by atoms with Crippen molar-refractivity contribution < 1.29 is 9.90 Å². The highest BCUT2D eigenvalue weighted by atomic mass is 16.4. The predicted molar refractivity (Wildman–Crippen MR) is 110 cm³/mol. The maximum absolute atomic E-state index is 11.9. The van der Waals surface area contributed by atoms with Crippen molar-refractivity contribution in [3.05, 3.63) is 78.1 Å². The van der Waals surface area contributed by atoms with Gasteiger partial charge in [0.15, 0.2) is 0 Å². The standard InChI is InChI=1S/C23H19N3O2/c24-21-18(14-6-7-14)13-25-22(20(21)23(27)28)16-8-9-19-15(12-16)10-11-26(19)17-4-2-1-3-5-17/h1-5,8-14H,6-7H2,(H2,24,25)(H,27,28). The minimum absolute atomic E-state index is 0.103. The van der Waals surface area contributed by atoms with Gasteiger partial charge in [0.25, 0.3) is 0 Å². The number of carboxylic acids is 1. The Labute approximate surface area is 162 Å². The zero-order valence-electron chi connectivity index (χ0n) is 15.2. The van der Waals surface area contributed by atoms with Gasteiger partial charge in [0.2, 0.25) is 0 Å². The number of rotatable bonds is 4. The second-order valence-corrected chi connectivity index (χ2v) is 7.23. The monoisotopic (exact) mass is 369 g/mol. The lowest BCUT2D eigenvalue weighted by atomic mass is 9.99. The van der Waals surface area contributed by atoms with Crippen LogP contribution in [0.1, 0.15) is 34.7 Å². The summed E-state index contributed by atoms with van der Waals surface area (Å²) in [6, 6.07) is 18.0.